The van der Waals surface area contributed by atoms with E-state index in [2.05, 4.69) is 22.5 Å². The summed E-state index contributed by atoms with van der Waals surface area (Å²) >= 11 is 4.67. The molecular weight excluding hydrogens is 124 g/mol. The number of hydrogen-bond acceptors (Lipinski definition) is 3. The van der Waals surface area contributed by atoms with Crippen LogP contribution in [0.1, 0.15) is 0 Å². The average Bonchev–Trinajstić information content (AvgIpc) is 1.94. The Bertz CT molecular complexity index is 123. The second-order valence-corrected chi connectivity index (χ2v) is 1.71. The van der Waals surface area contributed by atoms with E-state index in [4.69, 9.17) is 4.74 Å². The number of rotatable bonds is 0. The third-order valence-electron chi connectivity index (χ3n) is 0.745. The van der Waals surface area contributed by atoms with E-state index >= 15 is 0 Å². The highest BCUT2D eigenvalue weighted by molar-refractivity contribution is 7.80. The normalized spacial score (nSPS) is 18.8. The number of ether oxygens (including phenoxy) is 1. The van der Waals surface area contributed by atoms with Gasteiger partial charge in [-0.1, -0.05) is 0 Å². The first-order valence-electron chi connectivity index (χ1n) is 2.32. The molecule has 0 aromatic heterocycles. The van der Waals surface area contributed by atoms with Crippen LogP contribution < -0.4 is 5.32 Å². The van der Waals surface area contributed by atoms with E-state index in [-0.39, 0.29) is 0 Å². The zero-order valence-corrected chi connectivity index (χ0v) is 5.07. The highest BCUT2D eigenvalue weighted by Gasteiger charge is 1.95. The molecule has 4 heteroatoms. The van der Waals surface area contributed by atoms with Gasteiger partial charge in [0.25, 0.3) is 5.17 Å². The first-order valence-corrected chi connectivity index (χ1v) is 2.73. The summed E-state index contributed by atoms with van der Waals surface area (Å²) in [5.41, 5.74) is 0. The summed E-state index contributed by atoms with van der Waals surface area (Å²) < 4.78 is 4.73. The maximum absolute atomic E-state index is 4.73. The van der Waals surface area contributed by atoms with Gasteiger partial charge in [-0.15, -0.1) is 0 Å². The van der Waals surface area contributed by atoms with Crippen molar-refractivity contribution < 1.29 is 4.74 Å². The van der Waals surface area contributed by atoms with Crippen LogP contribution in [0.5, 0.6) is 0 Å². The zero-order valence-electron chi connectivity index (χ0n) is 4.26. The molecule has 0 saturated carbocycles. The number of hydrogen-bond donors (Lipinski definition) is 1. The van der Waals surface area contributed by atoms with Gasteiger partial charge in [0.05, 0.1) is 6.54 Å². The summed E-state index contributed by atoms with van der Waals surface area (Å²) in [5.74, 6) is 0. The highest BCUT2D eigenvalue weighted by atomic mass is 32.1. The van der Waals surface area contributed by atoms with Crippen LogP contribution in [0.3, 0.4) is 0 Å². The molecule has 0 radical (unpaired) electrons. The molecule has 0 saturated heterocycles. The molecule has 3 nitrogen and oxygen atoms in total. The van der Waals surface area contributed by atoms with Gasteiger partial charge in [0, 0.05) is 6.54 Å². The minimum atomic E-state index is 0.409. The highest BCUT2D eigenvalue weighted by Crippen LogP contribution is 1.79. The van der Waals surface area contributed by atoms with Crippen molar-refractivity contribution in [3.05, 3.63) is 0 Å². The third-order valence-corrected chi connectivity index (χ3v) is 0.985. The molecule has 0 aliphatic carbocycles. The Morgan fingerprint density at radius 1 is 1.88 bits per heavy atom. The van der Waals surface area contributed by atoms with Gasteiger partial charge in [-0.25, -0.2) is 0 Å². The molecule has 0 aromatic carbocycles. The smallest absolute Gasteiger partial charge is 0.263 e. The van der Waals surface area contributed by atoms with Crippen molar-refractivity contribution in [3.63, 3.8) is 0 Å². The Morgan fingerprint density at radius 2 is 2.75 bits per heavy atom. The van der Waals surface area contributed by atoms with E-state index in [9.17, 15) is 0 Å². The van der Waals surface area contributed by atoms with Crippen molar-refractivity contribution in [1.82, 2.24) is 5.32 Å². The van der Waals surface area contributed by atoms with E-state index in [0.717, 1.165) is 13.1 Å². The fraction of sp³-hybridized carbons (Fsp3) is 0.500. The van der Waals surface area contributed by atoms with Gasteiger partial charge in [0.1, 0.15) is 0 Å². The molecule has 8 heavy (non-hydrogen) atoms. The molecular formula is C4H6N2OS. The zero-order chi connectivity index (χ0) is 5.82. The fourth-order valence-corrected chi connectivity index (χ4v) is 0.547. The van der Waals surface area contributed by atoms with Crippen molar-refractivity contribution >= 4 is 23.8 Å². The molecule has 44 valence electrons. The third kappa shape index (κ3) is 1.46. The van der Waals surface area contributed by atoms with E-state index in [0.29, 0.717) is 5.17 Å². The maximum atomic E-state index is 4.73. The number of aliphatic imine (C=N–C) groups is 1. The van der Waals surface area contributed by atoms with Gasteiger partial charge in [-0.3, -0.25) is 4.99 Å². The molecule has 0 amide bonds. The number of nitrogens with zero attached hydrogens (tertiary/aromatic N) is 1. The van der Waals surface area contributed by atoms with Gasteiger partial charge in [0.15, 0.2) is 6.40 Å². The maximum Gasteiger partial charge on any atom is 0.263 e. The Hall–Kier alpha value is -0.640. The van der Waals surface area contributed by atoms with Crippen LogP contribution >= 0.6 is 12.2 Å². The number of nitrogens with one attached hydrogen (secondary N) is 1. The Kier molecular flexibility index (Phi) is 1.80. The molecule has 1 aliphatic rings. The lowest BCUT2D eigenvalue weighted by atomic mass is 10.7. The van der Waals surface area contributed by atoms with Crippen LogP contribution in [0.25, 0.3) is 0 Å². The van der Waals surface area contributed by atoms with Crippen molar-refractivity contribution in [1.29, 1.82) is 0 Å². The molecule has 0 bridgehead atoms. The number of thiocarbonyl (C=S) groups is 1. The van der Waals surface area contributed by atoms with Gasteiger partial charge >= 0.3 is 0 Å². The van der Waals surface area contributed by atoms with Crippen LogP contribution in [0.2, 0.25) is 0 Å². The van der Waals surface area contributed by atoms with Gasteiger partial charge in [-0.05, 0) is 12.2 Å². The molecule has 0 aromatic rings. The second kappa shape index (κ2) is 2.61. The molecule has 0 atom stereocenters. The lowest BCUT2D eigenvalue weighted by Crippen LogP contribution is -2.23. The summed E-state index contributed by atoms with van der Waals surface area (Å²) in [7, 11) is 0. The molecule has 0 fully saturated rings. The van der Waals surface area contributed by atoms with Crippen LogP contribution in [0.4, 0.5) is 0 Å². The monoisotopic (exact) mass is 130 g/mol. The molecule has 1 heterocycles. The van der Waals surface area contributed by atoms with Crippen LogP contribution in [0, 0.1) is 0 Å². The summed E-state index contributed by atoms with van der Waals surface area (Å²) in [4.78, 5) is 3.82. The van der Waals surface area contributed by atoms with E-state index in [1.54, 1.807) is 0 Å². The minimum absolute atomic E-state index is 0.409. The molecule has 1 aliphatic heterocycles. The average molecular weight is 130 g/mol. The first-order chi connectivity index (χ1) is 3.89. The van der Waals surface area contributed by atoms with Crippen molar-refractivity contribution in [3.8, 4) is 0 Å². The van der Waals surface area contributed by atoms with Crippen LogP contribution in [-0.2, 0) is 4.74 Å². The van der Waals surface area contributed by atoms with E-state index in [1.807, 2.05) is 0 Å². The van der Waals surface area contributed by atoms with Crippen molar-refractivity contribution in [2.24, 2.45) is 4.99 Å². The Morgan fingerprint density at radius 3 is 3.62 bits per heavy atom. The van der Waals surface area contributed by atoms with Gasteiger partial charge < -0.3 is 10.1 Å². The van der Waals surface area contributed by atoms with Crippen LogP contribution in [-0.4, -0.2) is 24.7 Å². The predicted octanol–water partition coefficient (Wildman–Crippen LogP) is -0.0806. The van der Waals surface area contributed by atoms with E-state index in [1.165, 1.54) is 6.40 Å². The van der Waals surface area contributed by atoms with Crippen molar-refractivity contribution in [2.75, 3.05) is 13.1 Å². The molecule has 0 spiro atoms. The first kappa shape index (κ1) is 5.50. The fourth-order valence-electron chi connectivity index (χ4n) is 0.402. The minimum Gasteiger partial charge on any atom is -0.420 e. The molecule has 0 unspecified atom stereocenters. The summed E-state index contributed by atoms with van der Waals surface area (Å²) in [6.07, 6.45) is 1.36. The molecule has 1 N–H and O–H groups in total. The lowest BCUT2D eigenvalue weighted by molar-refractivity contribution is 0.561. The summed E-state index contributed by atoms with van der Waals surface area (Å²) in [5, 5.41) is 3.24. The standard InChI is InChI=1S/C4H6N2OS/c8-4-6-2-1-5-3-7-4/h3H,1-2H2,(H,6,8). The van der Waals surface area contributed by atoms with Gasteiger partial charge in [-0.2, -0.15) is 0 Å². The van der Waals surface area contributed by atoms with Gasteiger partial charge in [0.2, 0.25) is 0 Å². The predicted molar refractivity (Wildman–Crippen MR) is 35.0 cm³/mol. The molecule has 1 rings (SSSR count). The van der Waals surface area contributed by atoms with Crippen LogP contribution in [0.15, 0.2) is 4.99 Å². The summed E-state index contributed by atoms with van der Waals surface area (Å²) in [6, 6.07) is 0. The quantitative estimate of drug-likeness (QED) is 0.466. The lowest BCUT2D eigenvalue weighted by Gasteiger charge is -1.96. The van der Waals surface area contributed by atoms with E-state index < -0.39 is 0 Å². The Balaban J connectivity index is 2.41. The topological polar surface area (TPSA) is 33.6 Å². The Labute approximate surface area is 52.7 Å². The summed E-state index contributed by atoms with van der Waals surface area (Å²) in [6.45, 7) is 1.51. The largest absolute Gasteiger partial charge is 0.420 e. The SMILES string of the molecule is S=C1NCCN=CO1. The van der Waals surface area contributed by atoms with Crippen molar-refractivity contribution in [2.45, 2.75) is 0 Å². The second-order valence-electron chi connectivity index (χ2n) is 1.34.